The fourth-order valence-corrected chi connectivity index (χ4v) is 2.27. The Bertz CT molecular complexity index is 593. The van der Waals surface area contributed by atoms with Crippen molar-refractivity contribution in [2.75, 3.05) is 18.5 Å². The third kappa shape index (κ3) is 5.06. The molecular formula is C15H17Cl2N3O. The zero-order chi connectivity index (χ0) is 15.1. The van der Waals surface area contributed by atoms with Gasteiger partial charge >= 0.3 is 0 Å². The van der Waals surface area contributed by atoms with E-state index in [1.165, 1.54) is 6.33 Å². The molecule has 2 aromatic rings. The summed E-state index contributed by atoms with van der Waals surface area (Å²) in [5, 5.41) is 4.55. The molecule has 112 valence electrons. The van der Waals surface area contributed by atoms with Gasteiger partial charge in [-0.3, -0.25) is 0 Å². The standard InChI is InChI=1S/C15H17Cl2N3O/c1-2-7-21-15-9-14(19-10-20-15)18-6-5-11-3-4-12(16)8-13(11)17/h3-4,8-10H,2,5-7H2,1H3,(H,18,19,20). The molecule has 0 fully saturated rings. The first kappa shape index (κ1) is 15.9. The first-order valence-electron chi connectivity index (χ1n) is 6.81. The molecular weight excluding hydrogens is 309 g/mol. The Morgan fingerprint density at radius 2 is 2.05 bits per heavy atom. The molecule has 2 rings (SSSR count). The number of nitrogens with zero attached hydrogens (tertiary/aromatic N) is 2. The van der Waals surface area contributed by atoms with Gasteiger partial charge in [-0.2, -0.15) is 0 Å². The van der Waals surface area contributed by atoms with Crippen LogP contribution in [-0.2, 0) is 6.42 Å². The lowest BCUT2D eigenvalue weighted by atomic mass is 10.1. The molecule has 1 aromatic carbocycles. The number of ether oxygens (including phenoxy) is 1. The molecule has 21 heavy (non-hydrogen) atoms. The Morgan fingerprint density at radius 3 is 2.81 bits per heavy atom. The van der Waals surface area contributed by atoms with Gasteiger partial charge in [-0.15, -0.1) is 0 Å². The number of anilines is 1. The van der Waals surface area contributed by atoms with Gasteiger partial charge in [0, 0.05) is 22.7 Å². The summed E-state index contributed by atoms with van der Waals surface area (Å²) in [7, 11) is 0. The Kier molecular flexibility index (Phi) is 6.08. The van der Waals surface area contributed by atoms with E-state index in [2.05, 4.69) is 22.2 Å². The summed E-state index contributed by atoms with van der Waals surface area (Å²) in [5.41, 5.74) is 1.05. The van der Waals surface area contributed by atoms with Gasteiger partial charge < -0.3 is 10.1 Å². The maximum Gasteiger partial charge on any atom is 0.218 e. The number of nitrogens with one attached hydrogen (secondary N) is 1. The van der Waals surface area contributed by atoms with Crippen LogP contribution in [0.3, 0.4) is 0 Å². The van der Waals surface area contributed by atoms with Gasteiger partial charge in [-0.05, 0) is 30.5 Å². The second kappa shape index (κ2) is 8.05. The maximum atomic E-state index is 6.14. The van der Waals surface area contributed by atoms with Crippen molar-refractivity contribution in [1.82, 2.24) is 9.97 Å². The van der Waals surface area contributed by atoms with Crippen molar-refractivity contribution < 1.29 is 4.74 Å². The number of hydrogen-bond donors (Lipinski definition) is 1. The average molecular weight is 326 g/mol. The topological polar surface area (TPSA) is 47.0 Å². The predicted molar refractivity (Wildman–Crippen MR) is 86.5 cm³/mol. The molecule has 1 aromatic heterocycles. The Labute approximate surface area is 134 Å². The van der Waals surface area contributed by atoms with Crippen molar-refractivity contribution in [3.63, 3.8) is 0 Å². The molecule has 0 saturated carbocycles. The van der Waals surface area contributed by atoms with Crippen LogP contribution in [0.25, 0.3) is 0 Å². The van der Waals surface area contributed by atoms with Crippen LogP contribution in [0.5, 0.6) is 5.88 Å². The molecule has 0 aliphatic heterocycles. The summed E-state index contributed by atoms with van der Waals surface area (Å²) in [4.78, 5) is 8.22. The minimum absolute atomic E-state index is 0.582. The van der Waals surface area contributed by atoms with Gasteiger partial charge in [0.25, 0.3) is 0 Å². The van der Waals surface area contributed by atoms with Crippen LogP contribution in [0.2, 0.25) is 10.0 Å². The fraction of sp³-hybridized carbons (Fsp3) is 0.333. The van der Waals surface area contributed by atoms with Crippen molar-refractivity contribution in [1.29, 1.82) is 0 Å². The highest BCUT2D eigenvalue weighted by atomic mass is 35.5. The predicted octanol–water partition coefficient (Wildman–Crippen LogP) is 4.23. The van der Waals surface area contributed by atoms with E-state index in [0.29, 0.717) is 29.1 Å². The molecule has 0 radical (unpaired) electrons. The summed E-state index contributed by atoms with van der Waals surface area (Å²) in [6.07, 6.45) is 3.22. The van der Waals surface area contributed by atoms with E-state index in [4.69, 9.17) is 27.9 Å². The van der Waals surface area contributed by atoms with E-state index < -0.39 is 0 Å². The Hall–Kier alpha value is -1.52. The number of rotatable bonds is 7. The molecule has 0 spiro atoms. The van der Waals surface area contributed by atoms with Gasteiger partial charge in [0.1, 0.15) is 12.1 Å². The Balaban J connectivity index is 1.88. The molecule has 0 aliphatic carbocycles. The SMILES string of the molecule is CCCOc1cc(NCCc2ccc(Cl)cc2Cl)ncn1. The van der Waals surface area contributed by atoms with Gasteiger partial charge in [0.05, 0.1) is 6.61 Å². The highest BCUT2D eigenvalue weighted by Gasteiger charge is 2.03. The molecule has 4 nitrogen and oxygen atoms in total. The van der Waals surface area contributed by atoms with Crippen LogP contribution in [0.1, 0.15) is 18.9 Å². The van der Waals surface area contributed by atoms with E-state index in [1.54, 1.807) is 12.1 Å². The summed E-state index contributed by atoms with van der Waals surface area (Å²) in [6, 6.07) is 7.31. The number of hydrogen-bond acceptors (Lipinski definition) is 4. The van der Waals surface area contributed by atoms with Crippen molar-refractivity contribution in [2.45, 2.75) is 19.8 Å². The van der Waals surface area contributed by atoms with Crippen LogP contribution in [0.15, 0.2) is 30.6 Å². The maximum absolute atomic E-state index is 6.14. The Morgan fingerprint density at radius 1 is 1.19 bits per heavy atom. The molecule has 0 bridgehead atoms. The van der Waals surface area contributed by atoms with Crippen molar-refractivity contribution in [2.24, 2.45) is 0 Å². The van der Waals surface area contributed by atoms with E-state index in [-0.39, 0.29) is 0 Å². The lowest BCUT2D eigenvalue weighted by molar-refractivity contribution is 0.305. The summed E-state index contributed by atoms with van der Waals surface area (Å²) in [6.45, 7) is 3.42. The quantitative estimate of drug-likeness (QED) is 0.827. The van der Waals surface area contributed by atoms with Gasteiger partial charge in [0.15, 0.2) is 0 Å². The molecule has 1 N–H and O–H groups in total. The van der Waals surface area contributed by atoms with E-state index in [0.717, 1.165) is 24.2 Å². The normalized spacial score (nSPS) is 10.4. The molecule has 0 aliphatic rings. The molecule has 0 saturated heterocycles. The van der Waals surface area contributed by atoms with Crippen LogP contribution in [-0.4, -0.2) is 23.1 Å². The molecule has 0 atom stereocenters. The second-order valence-electron chi connectivity index (χ2n) is 4.50. The third-order valence-electron chi connectivity index (χ3n) is 2.81. The number of benzene rings is 1. The number of halogens is 2. The highest BCUT2D eigenvalue weighted by Crippen LogP contribution is 2.21. The van der Waals surface area contributed by atoms with Crippen molar-refractivity contribution >= 4 is 29.0 Å². The zero-order valence-electron chi connectivity index (χ0n) is 11.8. The summed E-state index contributed by atoms with van der Waals surface area (Å²) in [5.74, 6) is 1.32. The van der Waals surface area contributed by atoms with Crippen LogP contribution < -0.4 is 10.1 Å². The minimum Gasteiger partial charge on any atom is -0.478 e. The van der Waals surface area contributed by atoms with E-state index in [9.17, 15) is 0 Å². The molecule has 1 heterocycles. The van der Waals surface area contributed by atoms with Gasteiger partial charge in [-0.25, -0.2) is 9.97 Å². The fourth-order valence-electron chi connectivity index (χ4n) is 1.77. The average Bonchev–Trinajstić information content (AvgIpc) is 2.48. The van der Waals surface area contributed by atoms with Crippen LogP contribution in [0.4, 0.5) is 5.82 Å². The molecule has 0 unspecified atom stereocenters. The van der Waals surface area contributed by atoms with Crippen LogP contribution in [0, 0.1) is 0 Å². The van der Waals surface area contributed by atoms with Gasteiger partial charge in [0.2, 0.25) is 5.88 Å². The second-order valence-corrected chi connectivity index (χ2v) is 5.35. The van der Waals surface area contributed by atoms with Gasteiger partial charge in [-0.1, -0.05) is 36.2 Å². The minimum atomic E-state index is 0.582. The summed E-state index contributed by atoms with van der Waals surface area (Å²) >= 11 is 12.0. The lowest BCUT2D eigenvalue weighted by Crippen LogP contribution is -2.07. The van der Waals surface area contributed by atoms with Crippen molar-refractivity contribution in [3.05, 3.63) is 46.2 Å². The third-order valence-corrected chi connectivity index (χ3v) is 3.40. The number of aromatic nitrogens is 2. The smallest absolute Gasteiger partial charge is 0.218 e. The monoisotopic (exact) mass is 325 g/mol. The molecule has 6 heteroatoms. The van der Waals surface area contributed by atoms with Crippen molar-refractivity contribution in [3.8, 4) is 5.88 Å². The lowest BCUT2D eigenvalue weighted by Gasteiger charge is -2.08. The first-order chi connectivity index (χ1) is 10.2. The first-order valence-corrected chi connectivity index (χ1v) is 7.57. The molecule has 0 amide bonds. The van der Waals surface area contributed by atoms with E-state index in [1.807, 2.05) is 12.1 Å². The zero-order valence-corrected chi connectivity index (χ0v) is 13.3. The highest BCUT2D eigenvalue weighted by molar-refractivity contribution is 6.35. The largest absolute Gasteiger partial charge is 0.478 e. The van der Waals surface area contributed by atoms with E-state index >= 15 is 0 Å². The summed E-state index contributed by atoms with van der Waals surface area (Å²) < 4.78 is 5.47. The van der Waals surface area contributed by atoms with Crippen LogP contribution >= 0.6 is 23.2 Å².